The lowest BCUT2D eigenvalue weighted by Crippen LogP contribution is -2.27. The lowest BCUT2D eigenvalue weighted by atomic mass is 10.1. The van der Waals surface area contributed by atoms with Crippen molar-refractivity contribution in [3.8, 4) is 10.6 Å². The smallest absolute Gasteiger partial charge is 0.269 e. The molecule has 0 aliphatic heterocycles. The van der Waals surface area contributed by atoms with Gasteiger partial charge in [0, 0.05) is 12.1 Å². The van der Waals surface area contributed by atoms with E-state index in [9.17, 15) is 14.9 Å². The summed E-state index contributed by atoms with van der Waals surface area (Å²) in [5.74, 6) is -0.258. The van der Waals surface area contributed by atoms with Crippen LogP contribution in [0, 0.1) is 17.0 Å². The Bertz CT molecular complexity index is 954. The number of amides is 1. The number of pyridine rings is 1. The summed E-state index contributed by atoms with van der Waals surface area (Å²) in [5.41, 5.74) is 2.64. The molecule has 0 saturated carbocycles. The standard InChI is InChI=1S/C19H17N3O3S/c1-12(14-5-3-6-15(11-14)22(24)25)21-19(23)16-8-9-17(20-13(16)2)18-7-4-10-26-18/h3-12H,1-2H3,(H,21,23)/t12-/m1/s1. The first-order valence-electron chi connectivity index (χ1n) is 8.02. The van der Waals surface area contributed by atoms with Crippen molar-refractivity contribution in [1.82, 2.24) is 10.3 Å². The van der Waals surface area contributed by atoms with Gasteiger partial charge in [-0.05, 0) is 43.0 Å². The Morgan fingerprint density at radius 1 is 1.23 bits per heavy atom. The second-order valence-electron chi connectivity index (χ2n) is 5.85. The molecule has 26 heavy (non-hydrogen) atoms. The maximum Gasteiger partial charge on any atom is 0.269 e. The maximum atomic E-state index is 12.6. The topological polar surface area (TPSA) is 85.1 Å². The van der Waals surface area contributed by atoms with Gasteiger partial charge in [0.15, 0.2) is 0 Å². The number of nitro groups is 1. The van der Waals surface area contributed by atoms with Crippen molar-refractivity contribution in [1.29, 1.82) is 0 Å². The molecule has 132 valence electrons. The number of rotatable bonds is 5. The molecule has 0 saturated heterocycles. The monoisotopic (exact) mass is 367 g/mol. The van der Waals surface area contributed by atoms with Crippen molar-refractivity contribution >= 4 is 22.9 Å². The van der Waals surface area contributed by atoms with Gasteiger partial charge in [-0.25, -0.2) is 0 Å². The summed E-state index contributed by atoms with van der Waals surface area (Å²) in [7, 11) is 0. The van der Waals surface area contributed by atoms with Gasteiger partial charge in [0.1, 0.15) is 0 Å². The zero-order valence-corrected chi connectivity index (χ0v) is 15.1. The molecule has 2 heterocycles. The predicted molar refractivity (Wildman–Crippen MR) is 101 cm³/mol. The summed E-state index contributed by atoms with van der Waals surface area (Å²) in [6.07, 6.45) is 0. The molecule has 0 aliphatic carbocycles. The van der Waals surface area contributed by atoms with Crippen molar-refractivity contribution < 1.29 is 9.72 Å². The van der Waals surface area contributed by atoms with Crippen molar-refractivity contribution in [2.24, 2.45) is 0 Å². The first-order valence-corrected chi connectivity index (χ1v) is 8.90. The number of non-ortho nitro benzene ring substituents is 1. The molecule has 0 fully saturated rings. The Kier molecular flexibility index (Phi) is 5.09. The van der Waals surface area contributed by atoms with Gasteiger partial charge in [-0.3, -0.25) is 19.9 Å². The predicted octanol–water partition coefficient (Wildman–Crippen LogP) is 4.52. The summed E-state index contributed by atoms with van der Waals surface area (Å²) in [6.45, 7) is 3.59. The summed E-state index contributed by atoms with van der Waals surface area (Å²) in [4.78, 5) is 28.6. The third-order valence-electron chi connectivity index (χ3n) is 4.03. The van der Waals surface area contributed by atoms with Crippen molar-refractivity contribution in [2.75, 3.05) is 0 Å². The van der Waals surface area contributed by atoms with E-state index in [1.807, 2.05) is 23.6 Å². The third-order valence-corrected chi connectivity index (χ3v) is 4.93. The second kappa shape index (κ2) is 7.45. The zero-order valence-electron chi connectivity index (χ0n) is 14.3. The lowest BCUT2D eigenvalue weighted by molar-refractivity contribution is -0.384. The number of hydrogen-bond donors (Lipinski definition) is 1. The van der Waals surface area contributed by atoms with Crippen LogP contribution in [0.5, 0.6) is 0 Å². The molecule has 1 aromatic carbocycles. The van der Waals surface area contributed by atoms with Crippen LogP contribution in [0.2, 0.25) is 0 Å². The number of nitrogens with zero attached hydrogens (tertiary/aromatic N) is 2. The van der Waals surface area contributed by atoms with Gasteiger partial charge >= 0.3 is 0 Å². The van der Waals surface area contributed by atoms with E-state index in [1.165, 1.54) is 12.1 Å². The minimum atomic E-state index is -0.449. The molecule has 6 nitrogen and oxygen atoms in total. The van der Waals surface area contributed by atoms with E-state index < -0.39 is 4.92 Å². The van der Waals surface area contributed by atoms with Gasteiger partial charge in [-0.15, -0.1) is 11.3 Å². The Hall–Kier alpha value is -3.06. The van der Waals surface area contributed by atoms with Crippen molar-refractivity contribution in [3.05, 3.63) is 80.8 Å². The molecule has 1 amide bonds. The summed E-state index contributed by atoms with van der Waals surface area (Å²) < 4.78 is 0. The fourth-order valence-corrected chi connectivity index (χ4v) is 3.32. The minimum absolute atomic E-state index is 0.00162. The Morgan fingerprint density at radius 3 is 2.69 bits per heavy atom. The fourth-order valence-electron chi connectivity index (χ4n) is 2.63. The van der Waals surface area contributed by atoms with Gasteiger partial charge in [0.25, 0.3) is 11.6 Å². The number of nitrogens with one attached hydrogen (secondary N) is 1. The van der Waals surface area contributed by atoms with E-state index in [0.29, 0.717) is 16.8 Å². The van der Waals surface area contributed by atoms with Crippen LogP contribution >= 0.6 is 11.3 Å². The summed E-state index contributed by atoms with van der Waals surface area (Å²) in [5, 5.41) is 15.8. The number of aromatic nitrogens is 1. The number of carbonyl (C=O) groups excluding carboxylic acids is 1. The van der Waals surface area contributed by atoms with E-state index in [0.717, 1.165) is 10.6 Å². The van der Waals surface area contributed by atoms with Crippen LogP contribution in [0.25, 0.3) is 10.6 Å². The van der Waals surface area contributed by atoms with Crippen LogP contribution in [0.3, 0.4) is 0 Å². The molecule has 0 bridgehead atoms. The summed E-state index contributed by atoms with van der Waals surface area (Å²) in [6, 6.07) is 13.4. The fraction of sp³-hybridized carbons (Fsp3) is 0.158. The van der Waals surface area contributed by atoms with Gasteiger partial charge in [-0.1, -0.05) is 18.2 Å². The Labute approximate surface area is 154 Å². The molecule has 3 aromatic rings. The van der Waals surface area contributed by atoms with E-state index in [4.69, 9.17) is 0 Å². The van der Waals surface area contributed by atoms with Crippen LogP contribution in [-0.2, 0) is 0 Å². The van der Waals surface area contributed by atoms with Crippen molar-refractivity contribution in [3.63, 3.8) is 0 Å². The van der Waals surface area contributed by atoms with Gasteiger partial charge in [0.05, 0.1) is 32.8 Å². The van der Waals surface area contributed by atoms with Crippen molar-refractivity contribution in [2.45, 2.75) is 19.9 Å². The molecule has 0 spiro atoms. The van der Waals surface area contributed by atoms with E-state index >= 15 is 0 Å². The highest BCUT2D eigenvalue weighted by Gasteiger charge is 2.16. The van der Waals surface area contributed by atoms with Crippen LogP contribution in [-0.4, -0.2) is 15.8 Å². The molecule has 3 rings (SSSR count). The van der Waals surface area contributed by atoms with E-state index in [1.54, 1.807) is 43.4 Å². The van der Waals surface area contributed by atoms with E-state index in [-0.39, 0.29) is 17.6 Å². The molecule has 0 aliphatic rings. The zero-order chi connectivity index (χ0) is 18.7. The minimum Gasteiger partial charge on any atom is -0.345 e. The molecular formula is C19H17N3O3S. The molecule has 1 atom stereocenters. The molecule has 7 heteroatoms. The number of thiophene rings is 1. The average Bonchev–Trinajstić information content (AvgIpc) is 3.16. The molecule has 1 N–H and O–H groups in total. The number of benzene rings is 1. The number of aryl methyl sites for hydroxylation is 1. The molecule has 0 unspecified atom stereocenters. The Morgan fingerprint density at radius 2 is 2.04 bits per heavy atom. The lowest BCUT2D eigenvalue weighted by Gasteiger charge is -2.15. The van der Waals surface area contributed by atoms with Gasteiger partial charge < -0.3 is 5.32 Å². The number of hydrogen-bond acceptors (Lipinski definition) is 5. The highest BCUT2D eigenvalue weighted by atomic mass is 32.1. The van der Waals surface area contributed by atoms with Crippen LogP contribution in [0.4, 0.5) is 5.69 Å². The van der Waals surface area contributed by atoms with Crippen LogP contribution < -0.4 is 5.32 Å². The first-order chi connectivity index (χ1) is 12.5. The highest BCUT2D eigenvalue weighted by Crippen LogP contribution is 2.24. The second-order valence-corrected chi connectivity index (χ2v) is 6.80. The maximum absolute atomic E-state index is 12.6. The van der Waals surface area contributed by atoms with Gasteiger partial charge in [-0.2, -0.15) is 0 Å². The molecular weight excluding hydrogens is 350 g/mol. The Balaban J connectivity index is 1.77. The number of nitro benzene ring substituents is 1. The van der Waals surface area contributed by atoms with E-state index in [2.05, 4.69) is 10.3 Å². The SMILES string of the molecule is Cc1nc(-c2cccs2)ccc1C(=O)N[C@H](C)c1cccc([N+](=O)[O-])c1. The highest BCUT2D eigenvalue weighted by molar-refractivity contribution is 7.13. The number of carbonyl (C=O) groups is 1. The van der Waals surface area contributed by atoms with Crippen LogP contribution in [0.1, 0.15) is 34.6 Å². The quantitative estimate of drug-likeness (QED) is 0.531. The first kappa shape index (κ1) is 17.8. The largest absolute Gasteiger partial charge is 0.345 e. The average molecular weight is 367 g/mol. The van der Waals surface area contributed by atoms with Gasteiger partial charge in [0.2, 0.25) is 0 Å². The molecule has 0 radical (unpaired) electrons. The normalized spacial score (nSPS) is 11.8. The third kappa shape index (κ3) is 3.78. The van der Waals surface area contributed by atoms with Crippen LogP contribution in [0.15, 0.2) is 53.9 Å². The molecule has 2 aromatic heterocycles. The summed E-state index contributed by atoms with van der Waals surface area (Å²) >= 11 is 1.59.